The molecule has 0 aliphatic rings. The minimum atomic E-state index is 0.400. The van der Waals surface area contributed by atoms with E-state index < -0.39 is 0 Å². The van der Waals surface area contributed by atoms with E-state index in [-0.39, 0.29) is 0 Å². The molecule has 21 heavy (non-hydrogen) atoms. The molecule has 0 aliphatic carbocycles. The van der Waals surface area contributed by atoms with Gasteiger partial charge in [-0.15, -0.1) is 0 Å². The van der Waals surface area contributed by atoms with Crippen LogP contribution in [-0.2, 0) is 4.74 Å². The molecule has 0 saturated carbocycles. The topological polar surface area (TPSA) is 9.23 Å². The maximum Gasteiger partial charge on any atom is 0.0641 e. The molecule has 0 aromatic carbocycles. The first-order chi connectivity index (χ1) is 10.2. The van der Waals surface area contributed by atoms with Crippen LogP contribution >= 0.6 is 23.5 Å². The number of hydrogen-bond acceptors (Lipinski definition) is 3. The summed E-state index contributed by atoms with van der Waals surface area (Å²) in [5, 5.41) is 0. The lowest BCUT2D eigenvalue weighted by atomic mass is 10.2. The molecule has 0 spiro atoms. The predicted molar refractivity (Wildman–Crippen MR) is 103 cm³/mol. The lowest BCUT2D eigenvalue weighted by Gasteiger charge is -2.18. The van der Waals surface area contributed by atoms with Gasteiger partial charge in [0, 0.05) is 11.5 Å². The Kier molecular flexibility index (Phi) is 17.6. The average molecular weight is 335 g/mol. The Balaban J connectivity index is 3.33. The lowest BCUT2D eigenvalue weighted by molar-refractivity contribution is 0.0354. The molecule has 1 nitrogen and oxygen atoms in total. The first-order valence-electron chi connectivity index (χ1n) is 9.01. The van der Waals surface area contributed by atoms with Crippen LogP contribution in [0.25, 0.3) is 0 Å². The summed E-state index contributed by atoms with van der Waals surface area (Å²) in [6, 6.07) is 0. The third-order valence-corrected chi connectivity index (χ3v) is 6.02. The summed E-state index contributed by atoms with van der Waals surface area (Å²) in [5.41, 5.74) is 0. The molecular weight excluding hydrogens is 296 g/mol. The fourth-order valence-corrected chi connectivity index (χ4v) is 4.21. The van der Waals surface area contributed by atoms with Gasteiger partial charge in [-0.1, -0.05) is 52.4 Å². The molecule has 0 bridgehead atoms. The molecule has 0 amide bonds. The molecule has 0 saturated heterocycles. The third-order valence-electron chi connectivity index (χ3n) is 3.45. The Hall–Kier alpha value is 0.660. The zero-order valence-electron chi connectivity index (χ0n) is 14.9. The smallest absolute Gasteiger partial charge is 0.0641 e. The van der Waals surface area contributed by atoms with Gasteiger partial charge in [-0.05, 0) is 38.2 Å². The van der Waals surface area contributed by atoms with Crippen molar-refractivity contribution >= 4 is 23.5 Å². The van der Waals surface area contributed by atoms with E-state index in [0.29, 0.717) is 12.2 Å². The van der Waals surface area contributed by atoms with Crippen molar-refractivity contribution in [2.75, 3.05) is 23.0 Å². The highest BCUT2D eigenvalue weighted by Gasteiger charge is 2.08. The van der Waals surface area contributed by atoms with Gasteiger partial charge < -0.3 is 4.74 Å². The van der Waals surface area contributed by atoms with E-state index in [1.54, 1.807) is 0 Å². The van der Waals surface area contributed by atoms with E-state index in [9.17, 15) is 0 Å². The molecular formula is C18H38OS2. The van der Waals surface area contributed by atoms with Gasteiger partial charge in [0.25, 0.3) is 0 Å². The number of unbranched alkanes of at least 4 members (excludes halogenated alkanes) is 6. The maximum absolute atomic E-state index is 6.06. The minimum absolute atomic E-state index is 0.400. The summed E-state index contributed by atoms with van der Waals surface area (Å²) in [6.07, 6.45) is 11.8. The van der Waals surface area contributed by atoms with Gasteiger partial charge in [0.1, 0.15) is 0 Å². The molecule has 2 atom stereocenters. The largest absolute Gasteiger partial charge is 0.374 e. The van der Waals surface area contributed by atoms with E-state index in [0.717, 1.165) is 11.5 Å². The van der Waals surface area contributed by atoms with Crippen molar-refractivity contribution in [2.45, 2.75) is 91.3 Å². The Morgan fingerprint density at radius 2 is 1.10 bits per heavy atom. The van der Waals surface area contributed by atoms with E-state index in [2.05, 4.69) is 51.2 Å². The molecule has 128 valence electrons. The highest BCUT2D eigenvalue weighted by atomic mass is 32.2. The normalized spacial score (nSPS) is 14.3. The van der Waals surface area contributed by atoms with E-state index >= 15 is 0 Å². The third kappa shape index (κ3) is 16.9. The van der Waals surface area contributed by atoms with E-state index in [1.807, 2.05) is 0 Å². The van der Waals surface area contributed by atoms with Crippen LogP contribution in [0, 0.1) is 0 Å². The number of hydrogen-bond donors (Lipinski definition) is 0. The number of rotatable bonds is 16. The monoisotopic (exact) mass is 334 g/mol. The Morgan fingerprint density at radius 1 is 0.667 bits per heavy atom. The van der Waals surface area contributed by atoms with Crippen LogP contribution < -0.4 is 0 Å². The van der Waals surface area contributed by atoms with Crippen LogP contribution in [0.3, 0.4) is 0 Å². The predicted octanol–water partition coefficient (Wildman–Crippen LogP) is 6.41. The molecule has 0 fully saturated rings. The fourth-order valence-electron chi connectivity index (χ4n) is 2.24. The Labute approximate surface area is 142 Å². The molecule has 0 heterocycles. The number of ether oxygens (including phenoxy) is 1. The SMILES string of the molecule is CCCCCCSCC(C)OC(C)CSCCCCCC. The van der Waals surface area contributed by atoms with Crippen molar-refractivity contribution in [3.63, 3.8) is 0 Å². The Bertz CT molecular complexity index is 180. The molecule has 0 aromatic rings. The lowest BCUT2D eigenvalue weighted by Crippen LogP contribution is -2.21. The molecule has 0 aliphatic heterocycles. The summed E-state index contributed by atoms with van der Waals surface area (Å²) >= 11 is 4.12. The van der Waals surface area contributed by atoms with Crippen LogP contribution in [0.1, 0.15) is 79.1 Å². The van der Waals surface area contributed by atoms with Crippen LogP contribution in [0.5, 0.6) is 0 Å². The van der Waals surface area contributed by atoms with Gasteiger partial charge in [-0.3, -0.25) is 0 Å². The van der Waals surface area contributed by atoms with Crippen molar-refractivity contribution in [1.82, 2.24) is 0 Å². The standard InChI is InChI=1S/C18H38OS2/c1-5-7-9-11-13-20-15-17(3)19-18(4)16-21-14-12-10-8-6-2/h17-18H,5-16H2,1-4H3. The van der Waals surface area contributed by atoms with E-state index in [4.69, 9.17) is 4.74 Å². The van der Waals surface area contributed by atoms with Crippen LogP contribution in [0.4, 0.5) is 0 Å². The van der Waals surface area contributed by atoms with Crippen molar-refractivity contribution in [3.8, 4) is 0 Å². The Morgan fingerprint density at radius 3 is 1.48 bits per heavy atom. The van der Waals surface area contributed by atoms with Crippen molar-refractivity contribution in [2.24, 2.45) is 0 Å². The van der Waals surface area contributed by atoms with Gasteiger partial charge in [0.2, 0.25) is 0 Å². The molecule has 3 heteroatoms. The molecule has 0 aromatic heterocycles. The van der Waals surface area contributed by atoms with Gasteiger partial charge >= 0.3 is 0 Å². The zero-order valence-corrected chi connectivity index (χ0v) is 16.5. The first-order valence-corrected chi connectivity index (χ1v) is 11.3. The van der Waals surface area contributed by atoms with Gasteiger partial charge in [0.15, 0.2) is 0 Å². The van der Waals surface area contributed by atoms with Gasteiger partial charge in [0.05, 0.1) is 12.2 Å². The average Bonchev–Trinajstić information content (AvgIpc) is 2.46. The molecule has 2 unspecified atom stereocenters. The van der Waals surface area contributed by atoms with Crippen molar-refractivity contribution in [3.05, 3.63) is 0 Å². The summed E-state index contributed by atoms with van der Waals surface area (Å²) in [7, 11) is 0. The number of thioether (sulfide) groups is 2. The van der Waals surface area contributed by atoms with Crippen molar-refractivity contribution < 1.29 is 4.74 Å². The summed E-state index contributed by atoms with van der Waals surface area (Å²) < 4.78 is 6.06. The summed E-state index contributed by atoms with van der Waals surface area (Å²) in [5.74, 6) is 4.90. The van der Waals surface area contributed by atoms with Crippen LogP contribution in [0.15, 0.2) is 0 Å². The van der Waals surface area contributed by atoms with Crippen molar-refractivity contribution in [1.29, 1.82) is 0 Å². The summed E-state index contributed by atoms with van der Waals surface area (Å²) in [6.45, 7) is 8.99. The van der Waals surface area contributed by atoms with Gasteiger partial charge in [-0.2, -0.15) is 23.5 Å². The highest BCUT2D eigenvalue weighted by molar-refractivity contribution is 7.99. The molecule has 0 radical (unpaired) electrons. The zero-order chi connectivity index (χ0) is 15.8. The molecule has 0 N–H and O–H groups in total. The second-order valence-corrected chi connectivity index (χ2v) is 8.33. The molecule has 0 rings (SSSR count). The second kappa shape index (κ2) is 17.0. The second-order valence-electron chi connectivity index (χ2n) is 6.03. The van der Waals surface area contributed by atoms with E-state index in [1.165, 1.54) is 62.9 Å². The quantitative estimate of drug-likeness (QED) is 0.302. The highest BCUT2D eigenvalue weighted by Crippen LogP contribution is 2.14. The fraction of sp³-hybridized carbons (Fsp3) is 1.00. The first kappa shape index (κ1) is 21.7. The minimum Gasteiger partial charge on any atom is -0.374 e. The van der Waals surface area contributed by atoms with Crippen LogP contribution in [0.2, 0.25) is 0 Å². The summed E-state index contributed by atoms with van der Waals surface area (Å²) in [4.78, 5) is 0. The van der Waals surface area contributed by atoms with Gasteiger partial charge in [-0.25, -0.2) is 0 Å². The maximum atomic E-state index is 6.06. The van der Waals surface area contributed by atoms with Crippen LogP contribution in [-0.4, -0.2) is 35.2 Å².